The highest BCUT2D eigenvalue weighted by molar-refractivity contribution is 8.93. The first kappa shape index (κ1) is 21.1. The Labute approximate surface area is 172 Å². The molecule has 6 atom stereocenters. The molecule has 2 aliphatic heterocycles. The lowest BCUT2D eigenvalue weighted by molar-refractivity contribution is -0.138. The largest absolute Gasteiger partial charge is 0.374 e. The van der Waals surface area contributed by atoms with Crippen LogP contribution in [-0.4, -0.2) is 61.3 Å². The van der Waals surface area contributed by atoms with Crippen LogP contribution in [0.5, 0.6) is 0 Å². The lowest BCUT2D eigenvalue weighted by atomic mass is 9.71. The first-order chi connectivity index (χ1) is 12.3. The number of hydrogen-bond donors (Lipinski definition) is 0. The highest BCUT2D eigenvalue weighted by Crippen LogP contribution is 2.43. The lowest BCUT2D eigenvalue weighted by Crippen LogP contribution is -2.51. The number of rotatable bonds is 4. The van der Waals surface area contributed by atoms with Crippen LogP contribution >= 0.6 is 17.0 Å². The standard InChI is InChI=1S/C22H40N2O.BrH/c1-3-23-13-11-19-17(15-23)7-5-9-21(19)25-22-10-6-8-18-16-24(4-2)14-12-20(18)22;/h17-22H,3-16H2,1-2H3;1H. The third-order valence-electron chi connectivity index (χ3n) is 8.08. The summed E-state index contributed by atoms with van der Waals surface area (Å²) in [7, 11) is 0. The smallest absolute Gasteiger partial charge is 0.0610 e. The molecule has 3 nitrogen and oxygen atoms in total. The Kier molecular flexibility index (Phi) is 7.88. The van der Waals surface area contributed by atoms with E-state index in [4.69, 9.17) is 4.74 Å². The van der Waals surface area contributed by atoms with Gasteiger partial charge < -0.3 is 14.5 Å². The summed E-state index contributed by atoms with van der Waals surface area (Å²) in [4.78, 5) is 5.33. The van der Waals surface area contributed by atoms with Crippen LogP contribution in [0, 0.1) is 23.7 Å². The van der Waals surface area contributed by atoms with E-state index in [1.54, 1.807) is 0 Å². The van der Waals surface area contributed by atoms with Crippen molar-refractivity contribution < 1.29 is 4.74 Å². The van der Waals surface area contributed by atoms with Crippen LogP contribution < -0.4 is 0 Å². The Hall–Kier alpha value is 0.360. The average molecular weight is 429 g/mol. The monoisotopic (exact) mass is 428 g/mol. The molecule has 0 N–H and O–H groups in total. The van der Waals surface area contributed by atoms with E-state index in [1.807, 2.05) is 0 Å². The van der Waals surface area contributed by atoms with Gasteiger partial charge in [-0.3, -0.25) is 0 Å². The SMILES string of the molecule is Br.CCN1CCC2C(CCCC2OC2CCCC3CN(CC)CCC32)C1. The van der Waals surface area contributed by atoms with Gasteiger partial charge in [0, 0.05) is 13.1 Å². The molecule has 6 unspecified atom stereocenters. The summed E-state index contributed by atoms with van der Waals surface area (Å²) in [5.41, 5.74) is 0. The van der Waals surface area contributed by atoms with E-state index < -0.39 is 0 Å². The van der Waals surface area contributed by atoms with E-state index in [0.717, 1.165) is 23.7 Å². The molecule has 4 rings (SSSR count). The maximum absolute atomic E-state index is 6.97. The van der Waals surface area contributed by atoms with Crippen LogP contribution in [0.4, 0.5) is 0 Å². The highest BCUT2D eigenvalue weighted by Gasteiger charge is 2.42. The quantitative estimate of drug-likeness (QED) is 0.650. The zero-order chi connectivity index (χ0) is 17.2. The molecular weight excluding hydrogens is 388 g/mol. The second kappa shape index (κ2) is 9.71. The van der Waals surface area contributed by atoms with E-state index in [0.29, 0.717) is 12.2 Å². The van der Waals surface area contributed by atoms with Gasteiger partial charge in [-0.2, -0.15) is 0 Å². The molecule has 4 fully saturated rings. The second-order valence-corrected chi connectivity index (χ2v) is 9.29. The van der Waals surface area contributed by atoms with Crippen molar-refractivity contribution in [2.24, 2.45) is 23.7 Å². The van der Waals surface area contributed by atoms with E-state index in [1.165, 1.54) is 90.6 Å². The molecule has 0 aromatic heterocycles. The summed E-state index contributed by atoms with van der Waals surface area (Å²) in [5.74, 6) is 3.53. The van der Waals surface area contributed by atoms with Gasteiger partial charge in [0.15, 0.2) is 0 Å². The topological polar surface area (TPSA) is 15.7 Å². The number of halogens is 1. The molecule has 2 aliphatic carbocycles. The average Bonchev–Trinajstić information content (AvgIpc) is 2.67. The normalized spacial score (nSPS) is 41.8. The molecule has 26 heavy (non-hydrogen) atoms. The van der Waals surface area contributed by atoms with Crippen LogP contribution in [0.15, 0.2) is 0 Å². The predicted molar refractivity (Wildman–Crippen MR) is 114 cm³/mol. The molecule has 0 bridgehead atoms. The van der Waals surface area contributed by atoms with Gasteiger partial charge in [0.25, 0.3) is 0 Å². The minimum Gasteiger partial charge on any atom is -0.374 e. The molecular formula is C22H41BrN2O. The Morgan fingerprint density at radius 1 is 0.692 bits per heavy atom. The fraction of sp³-hybridized carbons (Fsp3) is 1.00. The zero-order valence-corrected chi connectivity index (χ0v) is 18.8. The Morgan fingerprint density at radius 3 is 1.58 bits per heavy atom. The molecule has 152 valence electrons. The van der Waals surface area contributed by atoms with Crippen molar-refractivity contribution in [1.82, 2.24) is 9.80 Å². The number of nitrogens with zero attached hydrogens (tertiary/aromatic N) is 2. The van der Waals surface area contributed by atoms with Gasteiger partial charge in [-0.25, -0.2) is 0 Å². The summed E-state index contributed by atoms with van der Waals surface area (Å²) in [6.07, 6.45) is 12.3. The van der Waals surface area contributed by atoms with Crippen LogP contribution in [-0.2, 0) is 4.74 Å². The molecule has 2 heterocycles. The fourth-order valence-corrected chi connectivity index (χ4v) is 6.57. The van der Waals surface area contributed by atoms with Crippen molar-refractivity contribution in [3.63, 3.8) is 0 Å². The van der Waals surface area contributed by atoms with Crippen molar-refractivity contribution in [3.8, 4) is 0 Å². The van der Waals surface area contributed by atoms with Crippen LogP contribution in [0.25, 0.3) is 0 Å². The van der Waals surface area contributed by atoms with Gasteiger partial charge in [-0.1, -0.05) is 26.7 Å². The third kappa shape index (κ3) is 4.50. The molecule has 2 saturated carbocycles. The molecule has 4 aliphatic rings. The lowest BCUT2D eigenvalue weighted by Gasteiger charge is -2.49. The summed E-state index contributed by atoms with van der Waals surface area (Å²) >= 11 is 0. The van der Waals surface area contributed by atoms with Gasteiger partial charge >= 0.3 is 0 Å². The molecule has 4 heteroatoms. The van der Waals surface area contributed by atoms with E-state index in [2.05, 4.69) is 23.6 Å². The van der Waals surface area contributed by atoms with E-state index in [9.17, 15) is 0 Å². The molecule has 0 aromatic carbocycles. The predicted octanol–water partition coefficient (Wildman–Crippen LogP) is 4.60. The van der Waals surface area contributed by atoms with E-state index in [-0.39, 0.29) is 17.0 Å². The number of likely N-dealkylation sites (tertiary alicyclic amines) is 2. The van der Waals surface area contributed by atoms with Gasteiger partial charge in [-0.15, -0.1) is 17.0 Å². The van der Waals surface area contributed by atoms with Crippen LogP contribution in [0.2, 0.25) is 0 Å². The first-order valence-electron chi connectivity index (χ1n) is 11.4. The molecule has 0 radical (unpaired) electrons. The van der Waals surface area contributed by atoms with Crippen molar-refractivity contribution in [1.29, 1.82) is 0 Å². The molecule has 0 spiro atoms. The summed E-state index contributed by atoms with van der Waals surface area (Å²) < 4.78 is 6.97. The van der Waals surface area contributed by atoms with Crippen molar-refractivity contribution in [2.75, 3.05) is 39.3 Å². The minimum absolute atomic E-state index is 0. The molecule has 2 saturated heterocycles. The van der Waals surface area contributed by atoms with Crippen LogP contribution in [0.3, 0.4) is 0 Å². The molecule has 0 amide bonds. The number of piperidine rings is 2. The zero-order valence-electron chi connectivity index (χ0n) is 17.1. The van der Waals surface area contributed by atoms with Gasteiger partial charge in [0.2, 0.25) is 0 Å². The fourth-order valence-electron chi connectivity index (χ4n) is 6.57. The third-order valence-corrected chi connectivity index (χ3v) is 8.08. The number of hydrogen-bond acceptors (Lipinski definition) is 3. The Morgan fingerprint density at radius 2 is 1.15 bits per heavy atom. The highest BCUT2D eigenvalue weighted by atomic mass is 79.9. The Bertz CT molecular complexity index is 396. The Balaban J connectivity index is 0.00000196. The minimum atomic E-state index is 0. The van der Waals surface area contributed by atoms with E-state index >= 15 is 0 Å². The summed E-state index contributed by atoms with van der Waals surface area (Å²) in [6.45, 7) is 12.4. The number of fused-ring (bicyclic) bond motifs is 2. The first-order valence-corrected chi connectivity index (χ1v) is 11.4. The molecule has 0 aromatic rings. The summed E-state index contributed by atoms with van der Waals surface area (Å²) in [6, 6.07) is 0. The van der Waals surface area contributed by atoms with Crippen molar-refractivity contribution in [2.45, 2.75) is 77.4 Å². The maximum Gasteiger partial charge on any atom is 0.0610 e. The number of ether oxygens (including phenoxy) is 1. The van der Waals surface area contributed by atoms with Crippen LogP contribution in [0.1, 0.15) is 65.2 Å². The van der Waals surface area contributed by atoms with Crippen molar-refractivity contribution >= 4 is 17.0 Å². The van der Waals surface area contributed by atoms with Gasteiger partial charge in [0.1, 0.15) is 0 Å². The summed E-state index contributed by atoms with van der Waals surface area (Å²) in [5, 5.41) is 0. The van der Waals surface area contributed by atoms with Gasteiger partial charge in [-0.05, 0) is 88.4 Å². The second-order valence-electron chi connectivity index (χ2n) is 9.29. The van der Waals surface area contributed by atoms with Gasteiger partial charge in [0.05, 0.1) is 12.2 Å². The van der Waals surface area contributed by atoms with Crippen molar-refractivity contribution in [3.05, 3.63) is 0 Å². The maximum atomic E-state index is 6.97.